The number of benzene rings is 1. The highest BCUT2D eigenvalue weighted by atomic mass is 35.5. The molecule has 0 spiro atoms. The van der Waals surface area contributed by atoms with Gasteiger partial charge in [0.2, 0.25) is 5.91 Å². The molecule has 0 aromatic heterocycles. The van der Waals surface area contributed by atoms with Crippen molar-refractivity contribution >= 4 is 35.0 Å². The summed E-state index contributed by atoms with van der Waals surface area (Å²) in [6, 6.07) is 4.59. The first-order valence-corrected chi connectivity index (χ1v) is 6.43. The Balaban J connectivity index is 2.55. The smallest absolute Gasteiger partial charge is 0.260 e. The normalized spacial score (nSPS) is 13.4. The lowest BCUT2D eigenvalue weighted by Crippen LogP contribution is -2.44. The zero-order valence-electron chi connectivity index (χ0n) is 10.6. The first-order chi connectivity index (χ1) is 9.31. The van der Waals surface area contributed by atoms with Gasteiger partial charge in [-0.3, -0.25) is 9.59 Å². The van der Waals surface area contributed by atoms with Crippen LogP contribution in [-0.4, -0.2) is 35.7 Å². The Morgan fingerprint density at radius 3 is 2.65 bits per heavy atom. The molecular formula is C12H14Cl2N2O4. The van der Waals surface area contributed by atoms with Crippen LogP contribution in [0.2, 0.25) is 10.0 Å². The number of carbonyl (C=O) groups excluding carboxylic acids is 2. The molecule has 4 N–H and O–H groups in total. The number of hydrogen-bond donors (Lipinski definition) is 3. The first kappa shape index (κ1) is 16.6. The molecule has 2 unspecified atom stereocenters. The molecule has 20 heavy (non-hydrogen) atoms. The van der Waals surface area contributed by atoms with E-state index in [9.17, 15) is 9.59 Å². The molecule has 0 heterocycles. The molecule has 0 radical (unpaired) electrons. The van der Waals surface area contributed by atoms with E-state index in [1.165, 1.54) is 19.1 Å². The van der Waals surface area contributed by atoms with Crippen molar-refractivity contribution in [2.45, 2.75) is 19.1 Å². The van der Waals surface area contributed by atoms with Crippen LogP contribution in [0.5, 0.6) is 5.75 Å². The van der Waals surface area contributed by atoms with Crippen LogP contribution in [0.3, 0.4) is 0 Å². The van der Waals surface area contributed by atoms with Gasteiger partial charge >= 0.3 is 0 Å². The van der Waals surface area contributed by atoms with E-state index < -0.39 is 24.0 Å². The number of primary amides is 1. The van der Waals surface area contributed by atoms with Gasteiger partial charge in [0.1, 0.15) is 11.9 Å². The fraction of sp³-hybridized carbons (Fsp3) is 0.333. The number of aliphatic hydroxyl groups is 1. The Morgan fingerprint density at radius 2 is 2.10 bits per heavy atom. The maximum Gasteiger partial charge on any atom is 0.260 e. The third kappa shape index (κ3) is 4.88. The number of aliphatic hydroxyl groups excluding tert-OH is 1. The molecule has 6 nitrogen and oxygen atoms in total. The van der Waals surface area contributed by atoms with Gasteiger partial charge in [-0.2, -0.15) is 0 Å². The second-order valence-corrected chi connectivity index (χ2v) is 4.84. The Morgan fingerprint density at radius 1 is 1.45 bits per heavy atom. The molecule has 1 aromatic carbocycles. The Hall–Kier alpha value is -1.50. The number of halogens is 2. The standard InChI is InChI=1S/C12H14Cl2N2O4/c1-6(12(19)16-5-9(17)11(15)18)20-10-3-2-7(13)4-8(10)14/h2-4,6,9,17H,5H2,1H3,(H2,15,18)(H,16,19). The van der Waals surface area contributed by atoms with Crippen molar-refractivity contribution in [3.8, 4) is 5.75 Å². The van der Waals surface area contributed by atoms with Crippen LogP contribution in [0.4, 0.5) is 0 Å². The summed E-state index contributed by atoms with van der Waals surface area (Å²) >= 11 is 11.6. The van der Waals surface area contributed by atoms with Crippen molar-refractivity contribution in [3.05, 3.63) is 28.2 Å². The lowest BCUT2D eigenvalue weighted by molar-refractivity contribution is -0.129. The highest BCUT2D eigenvalue weighted by molar-refractivity contribution is 6.35. The number of amides is 2. The minimum atomic E-state index is -1.44. The number of nitrogens with one attached hydrogen (secondary N) is 1. The van der Waals surface area contributed by atoms with Crippen LogP contribution in [0, 0.1) is 0 Å². The lowest BCUT2D eigenvalue weighted by atomic mass is 10.3. The fourth-order valence-electron chi connectivity index (χ4n) is 1.26. The van der Waals surface area contributed by atoms with E-state index >= 15 is 0 Å². The summed E-state index contributed by atoms with van der Waals surface area (Å²) in [6.45, 7) is 1.22. The van der Waals surface area contributed by atoms with Crippen molar-refractivity contribution in [2.75, 3.05) is 6.54 Å². The molecule has 0 aliphatic heterocycles. The molecule has 0 saturated heterocycles. The molecule has 2 amide bonds. The summed E-state index contributed by atoms with van der Waals surface area (Å²) in [5.41, 5.74) is 4.85. The molecule has 1 rings (SSSR count). The van der Waals surface area contributed by atoms with Crippen molar-refractivity contribution < 1.29 is 19.4 Å². The second kappa shape index (κ2) is 7.33. The number of ether oxygens (including phenoxy) is 1. The summed E-state index contributed by atoms with van der Waals surface area (Å²) in [7, 11) is 0. The van der Waals surface area contributed by atoms with Gasteiger partial charge < -0.3 is 20.9 Å². The van der Waals surface area contributed by atoms with Gasteiger partial charge in [-0.1, -0.05) is 23.2 Å². The van der Waals surface area contributed by atoms with E-state index in [0.29, 0.717) is 10.8 Å². The van der Waals surface area contributed by atoms with E-state index in [-0.39, 0.29) is 11.6 Å². The first-order valence-electron chi connectivity index (χ1n) is 5.68. The van der Waals surface area contributed by atoms with Crippen molar-refractivity contribution in [3.63, 3.8) is 0 Å². The topological polar surface area (TPSA) is 102 Å². The molecule has 0 bridgehead atoms. The third-order valence-corrected chi connectivity index (χ3v) is 2.90. The van der Waals surface area contributed by atoms with Crippen LogP contribution < -0.4 is 15.8 Å². The SMILES string of the molecule is CC(Oc1ccc(Cl)cc1Cl)C(=O)NCC(O)C(N)=O. The molecule has 0 aliphatic carbocycles. The Labute approximate surface area is 125 Å². The van der Waals surface area contributed by atoms with Gasteiger partial charge in [0.15, 0.2) is 6.10 Å². The van der Waals surface area contributed by atoms with Gasteiger partial charge in [0, 0.05) is 5.02 Å². The molecule has 8 heteroatoms. The summed E-state index contributed by atoms with van der Waals surface area (Å²) in [4.78, 5) is 22.3. The quantitative estimate of drug-likeness (QED) is 0.718. The maximum atomic E-state index is 11.7. The minimum Gasteiger partial charge on any atom is -0.479 e. The average Bonchev–Trinajstić information content (AvgIpc) is 2.38. The van der Waals surface area contributed by atoms with Gasteiger partial charge in [0.25, 0.3) is 5.91 Å². The molecule has 1 aromatic rings. The van der Waals surface area contributed by atoms with Crippen LogP contribution >= 0.6 is 23.2 Å². The maximum absolute atomic E-state index is 11.7. The van der Waals surface area contributed by atoms with Crippen LogP contribution in [0.25, 0.3) is 0 Å². The highest BCUT2D eigenvalue weighted by Crippen LogP contribution is 2.28. The monoisotopic (exact) mass is 320 g/mol. The molecule has 2 atom stereocenters. The van der Waals surface area contributed by atoms with Crippen molar-refractivity contribution in [1.82, 2.24) is 5.32 Å². The van der Waals surface area contributed by atoms with E-state index in [1.807, 2.05) is 0 Å². The summed E-state index contributed by atoms with van der Waals surface area (Å²) in [5.74, 6) is -1.13. The summed E-state index contributed by atoms with van der Waals surface area (Å²) in [6.07, 6.45) is -2.31. The van der Waals surface area contributed by atoms with Crippen molar-refractivity contribution in [2.24, 2.45) is 5.73 Å². The fourth-order valence-corrected chi connectivity index (χ4v) is 1.71. The zero-order valence-corrected chi connectivity index (χ0v) is 12.1. The van der Waals surface area contributed by atoms with Crippen LogP contribution in [0.15, 0.2) is 18.2 Å². The Kier molecular flexibility index (Phi) is 6.06. The number of rotatable bonds is 6. The molecule has 0 aliphatic rings. The number of carbonyl (C=O) groups is 2. The van der Waals surface area contributed by atoms with E-state index in [4.69, 9.17) is 38.8 Å². The molecule has 0 saturated carbocycles. The minimum absolute atomic E-state index is 0.273. The van der Waals surface area contributed by atoms with Crippen LogP contribution in [0.1, 0.15) is 6.92 Å². The highest BCUT2D eigenvalue weighted by Gasteiger charge is 2.18. The number of hydrogen-bond acceptors (Lipinski definition) is 4. The average molecular weight is 321 g/mol. The van der Waals surface area contributed by atoms with Crippen LogP contribution in [-0.2, 0) is 9.59 Å². The van der Waals surface area contributed by atoms with E-state index in [1.54, 1.807) is 6.07 Å². The van der Waals surface area contributed by atoms with E-state index in [0.717, 1.165) is 0 Å². The lowest BCUT2D eigenvalue weighted by Gasteiger charge is -2.16. The predicted octanol–water partition coefficient (Wildman–Crippen LogP) is 0.723. The van der Waals surface area contributed by atoms with E-state index in [2.05, 4.69) is 5.32 Å². The van der Waals surface area contributed by atoms with Gasteiger partial charge in [0.05, 0.1) is 11.6 Å². The Bertz CT molecular complexity index is 510. The van der Waals surface area contributed by atoms with Crippen molar-refractivity contribution in [1.29, 1.82) is 0 Å². The third-order valence-electron chi connectivity index (χ3n) is 2.36. The molecule has 110 valence electrons. The number of nitrogens with two attached hydrogens (primary N) is 1. The zero-order chi connectivity index (χ0) is 15.3. The largest absolute Gasteiger partial charge is 0.479 e. The summed E-state index contributed by atoms with van der Waals surface area (Å²) in [5, 5.41) is 12.2. The summed E-state index contributed by atoms with van der Waals surface area (Å²) < 4.78 is 5.35. The predicted molar refractivity (Wildman–Crippen MR) is 74.8 cm³/mol. The molecular weight excluding hydrogens is 307 g/mol. The van der Waals surface area contributed by atoms with Gasteiger partial charge in [-0.15, -0.1) is 0 Å². The van der Waals surface area contributed by atoms with Gasteiger partial charge in [-0.05, 0) is 25.1 Å². The molecule has 0 fully saturated rings. The van der Waals surface area contributed by atoms with Gasteiger partial charge in [-0.25, -0.2) is 0 Å². The second-order valence-electron chi connectivity index (χ2n) is 4.00.